The molecule has 0 bridgehead atoms. The number of carbonyl (C=O) groups is 2. The zero-order chi connectivity index (χ0) is 10.1. The molecule has 76 valence electrons. The molecule has 0 saturated heterocycles. The van der Waals surface area contributed by atoms with E-state index in [9.17, 15) is 9.59 Å². The van der Waals surface area contributed by atoms with Crippen LogP contribution in [0.15, 0.2) is 0 Å². The average molecular weight is 187 g/mol. The van der Waals surface area contributed by atoms with Gasteiger partial charge in [-0.2, -0.15) is 0 Å². The zero-order valence-corrected chi connectivity index (χ0v) is 7.93. The third kappa shape index (κ3) is 7.27. The van der Waals surface area contributed by atoms with Crippen LogP contribution in [-0.2, 0) is 9.59 Å². The van der Waals surface area contributed by atoms with Gasteiger partial charge in [-0.15, -0.1) is 0 Å². The van der Waals surface area contributed by atoms with Gasteiger partial charge in [-0.25, -0.2) is 0 Å². The smallest absolute Gasteiger partial charge is 0.221 e. The fourth-order valence-electron chi connectivity index (χ4n) is 0.821. The average Bonchev–Trinajstić information content (AvgIpc) is 2.12. The summed E-state index contributed by atoms with van der Waals surface area (Å²) in [4.78, 5) is 21.6. The first-order valence-electron chi connectivity index (χ1n) is 4.38. The molecule has 0 aliphatic carbocycles. The minimum atomic E-state index is -0.0561. The van der Waals surface area contributed by atoms with Crippen molar-refractivity contribution in [3.63, 3.8) is 0 Å². The molecule has 4 N–H and O–H groups in total. The van der Waals surface area contributed by atoms with Gasteiger partial charge in [0.15, 0.2) is 0 Å². The van der Waals surface area contributed by atoms with E-state index < -0.39 is 0 Å². The second-order valence-corrected chi connectivity index (χ2v) is 2.67. The largest absolute Gasteiger partial charge is 0.359 e. The third-order valence-electron chi connectivity index (χ3n) is 1.55. The first-order chi connectivity index (χ1) is 6.20. The molecule has 13 heavy (non-hydrogen) atoms. The molecule has 0 aromatic carbocycles. The molecule has 0 heterocycles. The molecule has 0 saturated carbocycles. The summed E-state index contributed by atoms with van der Waals surface area (Å²) in [6.45, 7) is 0.896. The van der Waals surface area contributed by atoms with Crippen molar-refractivity contribution in [3.8, 4) is 0 Å². The van der Waals surface area contributed by atoms with Crippen molar-refractivity contribution in [1.29, 1.82) is 0 Å². The predicted octanol–water partition coefficient (Wildman–Crippen LogP) is -1.02. The lowest BCUT2D eigenvalue weighted by atomic mass is 10.3. The zero-order valence-electron chi connectivity index (χ0n) is 7.93. The molecule has 0 atom stereocenters. The molecule has 0 aromatic heterocycles. The van der Waals surface area contributed by atoms with Crippen molar-refractivity contribution < 1.29 is 9.59 Å². The summed E-state index contributed by atoms with van der Waals surface area (Å²) in [5, 5.41) is 5.17. The number of nitrogens with one attached hydrogen (secondary N) is 2. The van der Waals surface area contributed by atoms with E-state index in [1.807, 2.05) is 0 Å². The van der Waals surface area contributed by atoms with Gasteiger partial charge in [-0.05, 0) is 6.42 Å². The van der Waals surface area contributed by atoms with Gasteiger partial charge in [0.2, 0.25) is 11.8 Å². The van der Waals surface area contributed by atoms with Crippen molar-refractivity contribution in [2.24, 2.45) is 5.73 Å². The summed E-state index contributed by atoms with van der Waals surface area (Å²) in [5.41, 5.74) is 5.18. The highest BCUT2D eigenvalue weighted by Crippen LogP contribution is 1.86. The molecule has 2 amide bonds. The van der Waals surface area contributed by atoms with Crippen LogP contribution in [0.25, 0.3) is 0 Å². The molecule has 5 nitrogen and oxygen atoms in total. The van der Waals surface area contributed by atoms with Crippen molar-refractivity contribution in [2.45, 2.75) is 19.3 Å². The lowest BCUT2D eigenvalue weighted by Crippen LogP contribution is -2.27. The molecule has 0 aliphatic rings. The van der Waals surface area contributed by atoms with Crippen molar-refractivity contribution in [3.05, 3.63) is 0 Å². The van der Waals surface area contributed by atoms with Gasteiger partial charge in [0.1, 0.15) is 0 Å². The number of carbonyl (C=O) groups excluding carboxylic acids is 2. The Morgan fingerprint density at radius 2 is 1.92 bits per heavy atom. The highest BCUT2D eigenvalue weighted by Gasteiger charge is 1.99. The van der Waals surface area contributed by atoms with E-state index in [1.165, 1.54) is 0 Å². The van der Waals surface area contributed by atoms with Crippen LogP contribution in [0.3, 0.4) is 0 Å². The molecule has 0 rings (SSSR count). The number of hydrogen-bond acceptors (Lipinski definition) is 3. The monoisotopic (exact) mass is 187 g/mol. The van der Waals surface area contributed by atoms with Crippen molar-refractivity contribution in [1.82, 2.24) is 10.6 Å². The molecule has 0 fully saturated rings. The predicted molar refractivity (Wildman–Crippen MR) is 50.0 cm³/mol. The van der Waals surface area contributed by atoms with Crippen LogP contribution in [0.5, 0.6) is 0 Å². The van der Waals surface area contributed by atoms with Crippen LogP contribution in [0.4, 0.5) is 0 Å². The fraction of sp³-hybridized carbons (Fsp3) is 0.750. The first kappa shape index (κ1) is 11.9. The van der Waals surface area contributed by atoms with Gasteiger partial charge >= 0.3 is 0 Å². The Hall–Kier alpha value is -1.10. The summed E-state index contributed by atoms with van der Waals surface area (Å²) < 4.78 is 0. The molecule has 0 unspecified atom stereocenters. The highest BCUT2D eigenvalue weighted by molar-refractivity contribution is 5.76. The molecule has 0 radical (unpaired) electrons. The Balaban J connectivity index is 3.25. The van der Waals surface area contributed by atoms with Crippen LogP contribution in [0.1, 0.15) is 19.3 Å². The summed E-state index contributed by atoms with van der Waals surface area (Å²) in [7, 11) is 1.59. The lowest BCUT2D eigenvalue weighted by Gasteiger charge is -2.03. The number of rotatable bonds is 6. The van der Waals surface area contributed by atoms with E-state index in [2.05, 4.69) is 10.6 Å². The summed E-state index contributed by atoms with van der Waals surface area (Å²) in [6.07, 6.45) is 1.45. The van der Waals surface area contributed by atoms with Crippen LogP contribution in [0.2, 0.25) is 0 Å². The maximum absolute atomic E-state index is 10.9. The topological polar surface area (TPSA) is 84.2 Å². The Labute approximate surface area is 78.1 Å². The lowest BCUT2D eigenvalue weighted by molar-refractivity contribution is -0.122. The molecular weight excluding hydrogens is 170 g/mol. The highest BCUT2D eigenvalue weighted by atomic mass is 16.2. The summed E-state index contributed by atoms with van der Waals surface area (Å²) in [6, 6.07) is 0. The van der Waals surface area contributed by atoms with Crippen molar-refractivity contribution >= 4 is 11.8 Å². The van der Waals surface area contributed by atoms with E-state index in [0.717, 1.165) is 0 Å². The van der Waals surface area contributed by atoms with Gasteiger partial charge in [-0.1, -0.05) is 0 Å². The SMILES string of the molecule is CNC(=O)CCCNC(=O)CCN. The maximum atomic E-state index is 10.9. The Morgan fingerprint density at radius 3 is 2.46 bits per heavy atom. The van der Waals surface area contributed by atoms with E-state index >= 15 is 0 Å². The maximum Gasteiger partial charge on any atom is 0.221 e. The van der Waals surface area contributed by atoms with Crippen LogP contribution in [-0.4, -0.2) is 32.0 Å². The number of nitrogens with two attached hydrogens (primary N) is 1. The van der Waals surface area contributed by atoms with Crippen LogP contribution < -0.4 is 16.4 Å². The van der Waals surface area contributed by atoms with Gasteiger partial charge in [0.25, 0.3) is 0 Å². The van der Waals surface area contributed by atoms with E-state index in [0.29, 0.717) is 32.4 Å². The number of hydrogen-bond donors (Lipinski definition) is 3. The van der Waals surface area contributed by atoms with Gasteiger partial charge in [-0.3, -0.25) is 9.59 Å². The van der Waals surface area contributed by atoms with Crippen molar-refractivity contribution in [2.75, 3.05) is 20.1 Å². The minimum absolute atomic E-state index is 0.00641. The molecular formula is C8H17N3O2. The Kier molecular flexibility index (Phi) is 6.91. The van der Waals surface area contributed by atoms with Gasteiger partial charge in [0.05, 0.1) is 0 Å². The summed E-state index contributed by atoms with van der Waals surface area (Å²) in [5.74, 6) is -0.0625. The fourth-order valence-corrected chi connectivity index (χ4v) is 0.821. The first-order valence-corrected chi connectivity index (χ1v) is 4.38. The standard InChI is InChI=1S/C8H17N3O2/c1-10-7(12)3-2-6-11-8(13)4-5-9/h2-6,9H2,1H3,(H,10,12)(H,11,13). The van der Waals surface area contributed by atoms with Crippen LogP contribution in [0, 0.1) is 0 Å². The summed E-state index contributed by atoms with van der Waals surface area (Å²) >= 11 is 0. The van der Waals surface area contributed by atoms with Crippen LogP contribution >= 0.6 is 0 Å². The second-order valence-electron chi connectivity index (χ2n) is 2.67. The van der Waals surface area contributed by atoms with E-state index in [1.54, 1.807) is 7.05 Å². The Bertz CT molecular complexity index is 171. The second kappa shape index (κ2) is 7.54. The van der Waals surface area contributed by atoms with Gasteiger partial charge in [0, 0.05) is 33.0 Å². The minimum Gasteiger partial charge on any atom is -0.359 e. The van der Waals surface area contributed by atoms with Gasteiger partial charge < -0.3 is 16.4 Å². The molecule has 0 aromatic rings. The van der Waals surface area contributed by atoms with E-state index in [4.69, 9.17) is 5.73 Å². The quantitative estimate of drug-likeness (QED) is 0.465. The van der Waals surface area contributed by atoms with E-state index in [-0.39, 0.29) is 11.8 Å². The molecule has 5 heteroatoms. The molecule has 0 aliphatic heterocycles. The Morgan fingerprint density at radius 1 is 1.23 bits per heavy atom. The molecule has 0 spiro atoms. The normalized spacial score (nSPS) is 9.38. The third-order valence-corrected chi connectivity index (χ3v) is 1.55. The number of amides is 2.